The highest BCUT2D eigenvalue weighted by atomic mass is 16.3. The van der Waals surface area contributed by atoms with Crippen molar-refractivity contribution in [3.8, 4) is 45.2 Å². The van der Waals surface area contributed by atoms with Crippen LogP contribution in [0.3, 0.4) is 0 Å². The Bertz CT molecular complexity index is 3450. The Kier molecular flexibility index (Phi) is 6.34. The minimum Gasteiger partial charge on any atom is -0.454 e. The number of nitrogens with zero attached hydrogens (tertiary/aromatic N) is 2. The van der Waals surface area contributed by atoms with Crippen molar-refractivity contribution >= 4 is 75.6 Å². The number of rotatable bonds is 4. The van der Waals surface area contributed by atoms with E-state index in [-0.39, 0.29) is 0 Å². The zero-order chi connectivity index (χ0) is 36.0. The van der Waals surface area contributed by atoms with Gasteiger partial charge in [-0.2, -0.15) is 0 Å². The first kappa shape index (κ1) is 30.1. The van der Waals surface area contributed by atoms with Crippen LogP contribution in [0.2, 0.25) is 0 Å². The second-order valence-electron chi connectivity index (χ2n) is 14.5. The zero-order valence-electron chi connectivity index (χ0n) is 29.6. The van der Waals surface area contributed by atoms with Gasteiger partial charge in [0.2, 0.25) is 0 Å². The molecule has 3 heteroatoms. The number of benzene rings is 9. The Morgan fingerprint density at radius 1 is 0.327 bits per heavy atom. The van der Waals surface area contributed by atoms with Crippen molar-refractivity contribution in [2.75, 3.05) is 0 Å². The molecule has 0 fully saturated rings. The van der Waals surface area contributed by atoms with E-state index in [1.807, 2.05) is 36.4 Å². The molecular weight excluding hydrogens is 669 g/mol. The van der Waals surface area contributed by atoms with E-state index in [4.69, 9.17) is 14.4 Å². The molecule has 0 N–H and O–H groups in total. The molecule has 254 valence electrons. The van der Waals surface area contributed by atoms with Crippen molar-refractivity contribution in [2.24, 2.45) is 0 Å². The topological polar surface area (TPSA) is 38.9 Å². The fourth-order valence-corrected chi connectivity index (χ4v) is 8.93. The van der Waals surface area contributed by atoms with Crippen molar-refractivity contribution in [1.82, 2.24) is 9.97 Å². The van der Waals surface area contributed by atoms with Crippen molar-refractivity contribution < 1.29 is 4.42 Å². The number of fused-ring (bicyclic) bond motifs is 3. The van der Waals surface area contributed by atoms with E-state index >= 15 is 0 Å². The summed E-state index contributed by atoms with van der Waals surface area (Å²) in [6.45, 7) is 0. The van der Waals surface area contributed by atoms with Crippen LogP contribution in [0.4, 0.5) is 0 Å². The Hall–Kier alpha value is -7.36. The van der Waals surface area contributed by atoms with Gasteiger partial charge in [-0.25, -0.2) is 9.97 Å². The molecule has 0 saturated heterocycles. The van der Waals surface area contributed by atoms with E-state index in [0.29, 0.717) is 11.6 Å². The van der Waals surface area contributed by atoms with Crippen LogP contribution in [-0.4, -0.2) is 9.97 Å². The highest BCUT2D eigenvalue weighted by Gasteiger charge is 2.19. The molecule has 10 aromatic carbocycles. The lowest BCUT2D eigenvalue weighted by atomic mass is 9.86. The van der Waals surface area contributed by atoms with Gasteiger partial charge in [-0.15, -0.1) is 0 Å². The largest absolute Gasteiger partial charge is 0.454 e. The molecule has 3 nitrogen and oxygen atoms in total. The lowest BCUT2D eigenvalue weighted by Gasteiger charge is -2.18. The normalized spacial score (nSPS) is 12.0. The van der Waals surface area contributed by atoms with Gasteiger partial charge in [0.05, 0.1) is 5.69 Å². The van der Waals surface area contributed by atoms with E-state index in [1.165, 1.54) is 64.6 Å². The summed E-state index contributed by atoms with van der Waals surface area (Å²) in [5.74, 6) is 1.37. The van der Waals surface area contributed by atoms with E-state index < -0.39 is 0 Å². The molecule has 0 unspecified atom stereocenters. The predicted molar refractivity (Wildman–Crippen MR) is 230 cm³/mol. The molecule has 2 heterocycles. The van der Waals surface area contributed by atoms with E-state index in [0.717, 1.165) is 44.6 Å². The summed E-state index contributed by atoms with van der Waals surface area (Å²) in [6.07, 6.45) is 0. The maximum atomic E-state index is 6.38. The van der Waals surface area contributed by atoms with Crippen LogP contribution >= 0.6 is 0 Å². The van der Waals surface area contributed by atoms with Crippen LogP contribution < -0.4 is 0 Å². The number of para-hydroxylation sites is 1. The minimum atomic E-state index is 0.655. The number of hydrogen-bond acceptors (Lipinski definition) is 3. The van der Waals surface area contributed by atoms with Crippen molar-refractivity contribution in [1.29, 1.82) is 0 Å². The molecule has 0 bridgehead atoms. The molecule has 12 aromatic rings. The second kappa shape index (κ2) is 11.6. The molecule has 55 heavy (non-hydrogen) atoms. The number of furan rings is 1. The summed E-state index contributed by atoms with van der Waals surface area (Å²) in [7, 11) is 0. The van der Waals surface area contributed by atoms with Gasteiger partial charge in [0.15, 0.2) is 11.6 Å². The molecule has 0 amide bonds. The molecule has 0 aliphatic carbocycles. The molecule has 0 aliphatic heterocycles. The Morgan fingerprint density at radius 3 is 1.56 bits per heavy atom. The van der Waals surface area contributed by atoms with Crippen LogP contribution in [0, 0.1) is 0 Å². The summed E-state index contributed by atoms with van der Waals surface area (Å²) in [6, 6.07) is 65.2. The van der Waals surface area contributed by atoms with Gasteiger partial charge in [0, 0.05) is 16.5 Å². The lowest BCUT2D eigenvalue weighted by Crippen LogP contribution is -1.96. The van der Waals surface area contributed by atoms with Crippen LogP contribution in [0.25, 0.3) is 121 Å². The average Bonchev–Trinajstić information content (AvgIpc) is 3.70. The highest BCUT2D eigenvalue weighted by Crippen LogP contribution is 2.45. The lowest BCUT2D eigenvalue weighted by molar-refractivity contribution is 0.628. The van der Waals surface area contributed by atoms with Gasteiger partial charge in [-0.3, -0.25) is 0 Å². The molecule has 12 rings (SSSR count). The average molecular weight is 699 g/mol. The third-order valence-corrected chi connectivity index (χ3v) is 11.4. The summed E-state index contributed by atoms with van der Waals surface area (Å²) in [4.78, 5) is 10.3. The number of aromatic nitrogens is 2. The first-order valence-electron chi connectivity index (χ1n) is 18.7. The molecule has 2 aromatic heterocycles. The predicted octanol–water partition coefficient (Wildman–Crippen LogP) is 14.2. The van der Waals surface area contributed by atoms with Crippen molar-refractivity contribution in [3.05, 3.63) is 182 Å². The molecule has 0 atom stereocenters. The summed E-state index contributed by atoms with van der Waals surface area (Å²) in [5, 5.41) is 16.2. The smallest absolute Gasteiger partial charge is 0.160 e. The van der Waals surface area contributed by atoms with Gasteiger partial charge in [-0.05, 0) is 106 Å². The van der Waals surface area contributed by atoms with Gasteiger partial charge in [0.25, 0.3) is 0 Å². The first-order valence-corrected chi connectivity index (χ1v) is 18.7. The Labute approximate surface area is 316 Å². The Balaban J connectivity index is 1.17. The molecular formula is C52H30N2O. The SMILES string of the molecule is c1ccc(-c2nc(-c3cc4ccccc4o3)cc(-c3ccccc3-c3cc4ccc5cccc6c7cccc8ccc9cccc(c(c3)c4c56)c9c87)n2)cc1. The molecule has 0 spiro atoms. The third kappa shape index (κ3) is 4.57. The standard InChI is InChI=1S/C52H30N2O/c1-2-11-34(12-3-1)52-53-44(30-45(54-52)47-29-35-13-4-7-22-46(35)55-47)39-18-6-5-17-38(39)37-27-36-26-25-33-15-9-20-41-40-19-8-14-31-23-24-32-16-10-21-42(50(32)48(31)40)43(28-37)51(36)49(33)41/h1-30H. The maximum absolute atomic E-state index is 6.38. The van der Waals surface area contributed by atoms with E-state index in [1.54, 1.807) is 0 Å². The van der Waals surface area contributed by atoms with Gasteiger partial charge < -0.3 is 4.42 Å². The van der Waals surface area contributed by atoms with Gasteiger partial charge >= 0.3 is 0 Å². The minimum absolute atomic E-state index is 0.655. The second-order valence-corrected chi connectivity index (χ2v) is 14.5. The van der Waals surface area contributed by atoms with Crippen LogP contribution in [0.15, 0.2) is 186 Å². The third-order valence-electron chi connectivity index (χ3n) is 11.4. The molecule has 0 aliphatic rings. The fraction of sp³-hybridized carbons (Fsp3) is 0. The monoisotopic (exact) mass is 698 g/mol. The maximum Gasteiger partial charge on any atom is 0.160 e. The van der Waals surface area contributed by atoms with Crippen molar-refractivity contribution in [2.45, 2.75) is 0 Å². The van der Waals surface area contributed by atoms with Crippen LogP contribution in [-0.2, 0) is 0 Å². The molecule has 0 saturated carbocycles. The van der Waals surface area contributed by atoms with Crippen LogP contribution in [0.1, 0.15) is 0 Å². The summed E-state index contributed by atoms with van der Waals surface area (Å²) in [5.41, 5.74) is 6.64. The Morgan fingerprint density at radius 2 is 0.873 bits per heavy atom. The van der Waals surface area contributed by atoms with E-state index in [2.05, 4.69) is 146 Å². The van der Waals surface area contributed by atoms with Crippen molar-refractivity contribution in [3.63, 3.8) is 0 Å². The number of hydrogen-bond donors (Lipinski definition) is 0. The van der Waals surface area contributed by atoms with Crippen LogP contribution in [0.5, 0.6) is 0 Å². The van der Waals surface area contributed by atoms with Gasteiger partial charge in [0.1, 0.15) is 11.3 Å². The first-order chi connectivity index (χ1) is 27.2. The quantitative estimate of drug-likeness (QED) is 0.172. The summed E-state index contributed by atoms with van der Waals surface area (Å²) >= 11 is 0. The van der Waals surface area contributed by atoms with E-state index in [9.17, 15) is 0 Å². The highest BCUT2D eigenvalue weighted by molar-refractivity contribution is 6.37. The summed E-state index contributed by atoms with van der Waals surface area (Å²) < 4.78 is 6.38. The zero-order valence-corrected chi connectivity index (χ0v) is 29.6. The van der Waals surface area contributed by atoms with Gasteiger partial charge in [-0.1, -0.05) is 152 Å². The fourth-order valence-electron chi connectivity index (χ4n) is 8.93. The molecule has 0 radical (unpaired) electrons.